The fourth-order valence-corrected chi connectivity index (χ4v) is 6.16. The van der Waals surface area contributed by atoms with E-state index in [1.165, 1.54) is 44.1 Å². The standard InChI is InChI=1S/C24H32N2O2/c1-16(24-13-18-9-19(14-24)11-20(10-18)15-24)8-22(27)25-21-6-4-17(5-7-21)12-23(28)26(2)3/h4-8,18-20H,9-15H2,1-3H3,(H,25,27)/b16-8+. The first-order valence-corrected chi connectivity index (χ1v) is 10.6. The Hall–Kier alpha value is -2.10. The van der Waals surface area contributed by atoms with Gasteiger partial charge >= 0.3 is 0 Å². The Morgan fingerprint density at radius 3 is 2.07 bits per heavy atom. The number of amides is 2. The molecule has 4 heteroatoms. The summed E-state index contributed by atoms with van der Waals surface area (Å²) < 4.78 is 0. The van der Waals surface area contributed by atoms with Gasteiger partial charge in [-0.25, -0.2) is 0 Å². The molecule has 1 aromatic rings. The first kappa shape index (κ1) is 19.2. The molecule has 0 unspecified atom stereocenters. The number of nitrogens with one attached hydrogen (secondary N) is 1. The second-order valence-corrected chi connectivity index (χ2v) is 9.68. The average molecular weight is 381 g/mol. The molecule has 28 heavy (non-hydrogen) atoms. The van der Waals surface area contributed by atoms with Gasteiger partial charge in [0.05, 0.1) is 6.42 Å². The Balaban J connectivity index is 1.39. The highest BCUT2D eigenvalue weighted by Crippen LogP contribution is 2.62. The van der Waals surface area contributed by atoms with Gasteiger partial charge in [-0.05, 0) is 86.3 Å². The van der Waals surface area contributed by atoms with Crippen molar-refractivity contribution in [2.45, 2.75) is 51.9 Å². The summed E-state index contributed by atoms with van der Waals surface area (Å²) in [7, 11) is 3.52. The Morgan fingerprint density at radius 2 is 1.57 bits per heavy atom. The molecule has 1 aromatic carbocycles. The molecule has 4 fully saturated rings. The molecule has 150 valence electrons. The van der Waals surface area contributed by atoms with Crippen molar-refractivity contribution in [1.29, 1.82) is 0 Å². The highest BCUT2D eigenvalue weighted by molar-refractivity contribution is 5.99. The minimum Gasteiger partial charge on any atom is -0.349 e. The van der Waals surface area contributed by atoms with Crippen molar-refractivity contribution in [1.82, 2.24) is 4.90 Å². The number of carbonyl (C=O) groups is 2. The third-order valence-corrected chi connectivity index (χ3v) is 7.30. The molecule has 1 N–H and O–H groups in total. The van der Waals surface area contributed by atoms with Crippen molar-refractivity contribution in [3.8, 4) is 0 Å². The van der Waals surface area contributed by atoms with E-state index in [0.29, 0.717) is 6.42 Å². The van der Waals surface area contributed by atoms with E-state index >= 15 is 0 Å². The number of nitrogens with zero attached hydrogens (tertiary/aromatic N) is 1. The second-order valence-electron chi connectivity index (χ2n) is 9.68. The zero-order valence-corrected chi connectivity index (χ0v) is 17.3. The third-order valence-electron chi connectivity index (χ3n) is 7.30. The van der Waals surface area contributed by atoms with Crippen LogP contribution >= 0.6 is 0 Å². The lowest BCUT2D eigenvalue weighted by Gasteiger charge is -2.57. The summed E-state index contributed by atoms with van der Waals surface area (Å²) in [5.41, 5.74) is 3.29. The summed E-state index contributed by atoms with van der Waals surface area (Å²) in [6.07, 6.45) is 10.3. The van der Waals surface area contributed by atoms with E-state index in [1.54, 1.807) is 19.0 Å². The maximum absolute atomic E-state index is 12.6. The van der Waals surface area contributed by atoms with Gasteiger partial charge in [0.1, 0.15) is 0 Å². The Labute approximate surface area is 168 Å². The molecule has 2 amide bonds. The number of likely N-dealkylation sites (N-methyl/N-ethyl adjacent to an activating group) is 1. The predicted molar refractivity (Wildman–Crippen MR) is 112 cm³/mol. The predicted octanol–water partition coefficient (Wildman–Crippen LogP) is 4.42. The largest absolute Gasteiger partial charge is 0.349 e. The van der Waals surface area contributed by atoms with Crippen LogP contribution in [0.15, 0.2) is 35.9 Å². The van der Waals surface area contributed by atoms with Crippen LogP contribution in [-0.4, -0.2) is 30.8 Å². The van der Waals surface area contributed by atoms with E-state index in [9.17, 15) is 9.59 Å². The van der Waals surface area contributed by atoms with E-state index in [-0.39, 0.29) is 17.2 Å². The van der Waals surface area contributed by atoms with Crippen LogP contribution in [0.25, 0.3) is 0 Å². The fourth-order valence-electron chi connectivity index (χ4n) is 6.16. The van der Waals surface area contributed by atoms with Crippen molar-refractivity contribution < 1.29 is 9.59 Å². The van der Waals surface area contributed by atoms with Crippen LogP contribution in [0, 0.1) is 23.2 Å². The molecule has 4 nitrogen and oxygen atoms in total. The van der Waals surface area contributed by atoms with E-state index in [4.69, 9.17) is 0 Å². The van der Waals surface area contributed by atoms with Gasteiger partial charge in [0.15, 0.2) is 0 Å². The zero-order chi connectivity index (χ0) is 19.9. The van der Waals surface area contributed by atoms with E-state index in [0.717, 1.165) is 29.0 Å². The lowest BCUT2D eigenvalue weighted by molar-refractivity contribution is -0.128. The fraction of sp³-hybridized carbons (Fsp3) is 0.583. The van der Waals surface area contributed by atoms with Gasteiger partial charge < -0.3 is 10.2 Å². The van der Waals surface area contributed by atoms with Crippen LogP contribution in [0.3, 0.4) is 0 Å². The van der Waals surface area contributed by atoms with E-state index < -0.39 is 0 Å². The summed E-state index contributed by atoms with van der Waals surface area (Å²) >= 11 is 0. The number of hydrogen-bond donors (Lipinski definition) is 1. The number of hydrogen-bond acceptors (Lipinski definition) is 2. The van der Waals surface area contributed by atoms with Gasteiger partial charge in [-0.2, -0.15) is 0 Å². The van der Waals surface area contributed by atoms with Crippen LogP contribution in [0.4, 0.5) is 5.69 Å². The van der Waals surface area contributed by atoms with Crippen LogP contribution in [-0.2, 0) is 16.0 Å². The first-order chi connectivity index (χ1) is 13.3. The van der Waals surface area contributed by atoms with Crippen molar-refractivity contribution in [2.24, 2.45) is 23.2 Å². The summed E-state index contributed by atoms with van der Waals surface area (Å²) in [5, 5.41) is 3.00. The zero-order valence-electron chi connectivity index (χ0n) is 17.3. The summed E-state index contributed by atoms with van der Waals surface area (Å²) in [6, 6.07) is 7.58. The smallest absolute Gasteiger partial charge is 0.248 e. The van der Waals surface area contributed by atoms with Crippen molar-refractivity contribution in [3.63, 3.8) is 0 Å². The molecular weight excluding hydrogens is 348 g/mol. The number of rotatable bonds is 5. The summed E-state index contributed by atoms with van der Waals surface area (Å²) in [5.74, 6) is 2.69. The molecule has 4 saturated carbocycles. The van der Waals surface area contributed by atoms with E-state index in [2.05, 4.69) is 12.2 Å². The van der Waals surface area contributed by atoms with Crippen LogP contribution in [0.2, 0.25) is 0 Å². The van der Waals surface area contributed by atoms with E-state index in [1.807, 2.05) is 30.3 Å². The quantitative estimate of drug-likeness (QED) is 0.769. The molecule has 4 aliphatic rings. The number of anilines is 1. The van der Waals surface area contributed by atoms with Crippen molar-refractivity contribution in [2.75, 3.05) is 19.4 Å². The van der Waals surface area contributed by atoms with Crippen molar-refractivity contribution in [3.05, 3.63) is 41.5 Å². The van der Waals surface area contributed by atoms with Crippen LogP contribution in [0.5, 0.6) is 0 Å². The van der Waals surface area contributed by atoms with Crippen LogP contribution in [0.1, 0.15) is 51.0 Å². The van der Waals surface area contributed by atoms with Gasteiger partial charge in [0.25, 0.3) is 0 Å². The highest BCUT2D eigenvalue weighted by Gasteiger charge is 2.51. The highest BCUT2D eigenvalue weighted by atomic mass is 16.2. The Kier molecular flexibility index (Phi) is 5.07. The SMILES string of the molecule is C/C(=C\C(=O)Nc1ccc(CC(=O)N(C)C)cc1)C12CC3CC(CC(C3)C1)C2. The molecular formula is C24H32N2O2. The van der Waals surface area contributed by atoms with Crippen molar-refractivity contribution >= 4 is 17.5 Å². The molecule has 0 spiro atoms. The Morgan fingerprint density at radius 1 is 1.04 bits per heavy atom. The summed E-state index contributed by atoms with van der Waals surface area (Å²) in [6.45, 7) is 2.17. The average Bonchev–Trinajstić information content (AvgIpc) is 2.62. The first-order valence-electron chi connectivity index (χ1n) is 10.6. The van der Waals surface area contributed by atoms with Crippen LogP contribution < -0.4 is 5.32 Å². The maximum Gasteiger partial charge on any atom is 0.248 e. The molecule has 0 radical (unpaired) electrons. The third kappa shape index (κ3) is 3.87. The molecule has 0 aliphatic heterocycles. The summed E-state index contributed by atoms with van der Waals surface area (Å²) in [4.78, 5) is 26.0. The topological polar surface area (TPSA) is 49.4 Å². The maximum atomic E-state index is 12.6. The van der Waals surface area contributed by atoms with Gasteiger partial charge in [-0.15, -0.1) is 0 Å². The molecule has 4 aliphatic carbocycles. The van der Waals surface area contributed by atoms with Gasteiger partial charge in [0, 0.05) is 25.9 Å². The lowest BCUT2D eigenvalue weighted by Crippen LogP contribution is -2.46. The minimum absolute atomic E-state index is 0.0367. The Bertz CT molecular complexity index is 756. The molecule has 0 atom stereocenters. The molecule has 0 heterocycles. The number of carbonyl (C=O) groups excluding carboxylic acids is 2. The second kappa shape index (κ2) is 7.38. The lowest BCUT2D eigenvalue weighted by atomic mass is 9.48. The van der Waals surface area contributed by atoms with Gasteiger partial charge in [-0.3, -0.25) is 9.59 Å². The molecule has 0 saturated heterocycles. The normalized spacial score (nSPS) is 31.0. The monoisotopic (exact) mass is 380 g/mol. The minimum atomic E-state index is -0.0367. The number of benzene rings is 1. The molecule has 0 aromatic heterocycles. The molecule has 4 bridgehead atoms. The molecule has 5 rings (SSSR count). The van der Waals surface area contributed by atoms with Gasteiger partial charge in [-0.1, -0.05) is 17.7 Å². The van der Waals surface area contributed by atoms with Gasteiger partial charge in [0.2, 0.25) is 11.8 Å². The number of allylic oxidation sites excluding steroid dienone is 1.